The Morgan fingerprint density at radius 1 is 1.39 bits per heavy atom. The SMILES string of the molecule is CNCCn1c(=O)[nH]c2c(OC)cccc2c1=O. The van der Waals surface area contributed by atoms with Crippen molar-refractivity contribution in [3.8, 4) is 5.75 Å². The fourth-order valence-electron chi connectivity index (χ4n) is 1.85. The lowest BCUT2D eigenvalue weighted by Crippen LogP contribution is -2.37. The van der Waals surface area contributed by atoms with E-state index in [0.29, 0.717) is 29.7 Å². The highest BCUT2D eigenvalue weighted by Gasteiger charge is 2.10. The second-order valence-corrected chi connectivity index (χ2v) is 3.87. The van der Waals surface area contributed by atoms with Crippen LogP contribution in [0.5, 0.6) is 5.75 Å². The molecule has 0 aliphatic heterocycles. The molecule has 0 fully saturated rings. The fraction of sp³-hybridized carbons (Fsp3) is 0.333. The maximum Gasteiger partial charge on any atom is 0.328 e. The maximum atomic E-state index is 12.2. The number of aromatic nitrogens is 2. The summed E-state index contributed by atoms with van der Waals surface area (Å²) in [5.74, 6) is 0.488. The van der Waals surface area contributed by atoms with E-state index in [-0.39, 0.29) is 5.56 Å². The minimum Gasteiger partial charge on any atom is -0.495 e. The standard InChI is InChI=1S/C12H15N3O3/c1-13-6-7-15-11(16)8-4-3-5-9(18-2)10(8)14-12(15)17/h3-5,13H,6-7H2,1-2H3,(H,14,17). The average molecular weight is 249 g/mol. The summed E-state index contributed by atoms with van der Waals surface area (Å²) in [5.41, 5.74) is -0.286. The Morgan fingerprint density at radius 2 is 2.17 bits per heavy atom. The monoisotopic (exact) mass is 249 g/mol. The summed E-state index contributed by atoms with van der Waals surface area (Å²) in [7, 11) is 3.27. The van der Waals surface area contributed by atoms with Crippen molar-refractivity contribution in [2.45, 2.75) is 6.54 Å². The molecule has 2 aromatic rings. The molecule has 1 heterocycles. The molecule has 18 heavy (non-hydrogen) atoms. The molecular formula is C12H15N3O3. The number of aromatic amines is 1. The summed E-state index contributed by atoms with van der Waals surface area (Å²) in [5, 5.41) is 3.35. The third-order valence-corrected chi connectivity index (χ3v) is 2.78. The van der Waals surface area contributed by atoms with Crippen molar-refractivity contribution in [2.24, 2.45) is 0 Å². The zero-order valence-corrected chi connectivity index (χ0v) is 10.3. The van der Waals surface area contributed by atoms with Crippen LogP contribution in [-0.4, -0.2) is 30.3 Å². The molecule has 0 unspecified atom stereocenters. The average Bonchev–Trinajstić information content (AvgIpc) is 2.38. The molecule has 0 aliphatic rings. The van der Waals surface area contributed by atoms with E-state index < -0.39 is 5.69 Å². The number of hydrogen-bond acceptors (Lipinski definition) is 4. The summed E-state index contributed by atoms with van der Waals surface area (Å²) in [6, 6.07) is 5.10. The first kappa shape index (κ1) is 12.4. The zero-order chi connectivity index (χ0) is 13.1. The van der Waals surface area contributed by atoms with E-state index in [4.69, 9.17) is 4.74 Å². The topological polar surface area (TPSA) is 76.1 Å². The van der Waals surface area contributed by atoms with Crippen LogP contribution in [0, 0.1) is 0 Å². The van der Waals surface area contributed by atoms with E-state index in [1.165, 1.54) is 11.7 Å². The summed E-state index contributed by atoms with van der Waals surface area (Å²) in [4.78, 5) is 26.7. The second-order valence-electron chi connectivity index (χ2n) is 3.87. The van der Waals surface area contributed by atoms with Crippen LogP contribution in [0.3, 0.4) is 0 Å². The van der Waals surface area contributed by atoms with E-state index in [2.05, 4.69) is 10.3 Å². The lowest BCUT2D eigenvalue weighted by atomic mass is 10.2. The predicted molar refractivity (Wildman–Crippen MR) is 69.3 cm³/mol. The van der Waals surface area contributed by atoms with Crippen molar-refractivity contribution in [1.29, 1.82) is 0 Å². The van der Waals surface area contributed by atoms with Gasteiger partial charge in [0.15, 0.2) is 0 Å². The summed E-state index contributed by atoms with van der Waals surface area (Å²) >= 11 is 0. The van der Waals surface area contributed by atoms with Gasteiger partial charge in [-0.1, -0.05) is 6.07 Å². The molecule has 1 aromatic carbocycles. The fourth-order valence-corrected chi connectivity index (χ4v) is 1.85. The predicted octanol–water partition coefficient (Wildman–Crippen LogP) is -0.0822. The lowest BCUT2D eigenvalue weighted by Gasteiger charge is -2.08. The number of para-hydroxylation sites is 1. The second kappa shape index (κ2) is 5.05. The summed E-state index contributed by atoms with van der Waals surface area (Å²) < 4.78 is 6.31. The van der Waals surface area contributed by atoms with Gasteiger partial charge in [0.05, 0.1) is 18.0 Å². The Kier molecular flexibility index (Phi) is 3.47. The van der Waals surface area contributed by atoms with Crippen LogP contribution < -0.4 is 21.3 Å². The normalized spacial score (nSPS) is 10.8. The number of benzene rings is 1. The highest BCUT2D eigenvalue weighted by molar-refractivity contribution is 5.83. The Labute approximate surface area is 103 Å². The van der Waals surface area contributed by atoms with Gasteiger partial charge in [0.2, 0.25) is 0 Å². The first-order valence-corrected chi connectivity index (χ1v) is 5.63. The maximum absolute atomic E-state index is 12.2. The number of methoxy groups -OCH3 is 1. The highest BCUT2D eigenvalue weighted by atomic mass is 16.5. The van der Waals surface area contributed by atoms with Gasteiger partial charge in [-0.2, -0.15) is 0 Å². The molecule has 1 aromatic heterocycles. The zero-order valence-electron chi connectivity index (χ0n) is 10.3. The van der Waals surface area contributed by atoms with E-state index >= 15 is 0 Å². The van der Waals surface area contributed by atoms with Crippen LogP contribution in [0.4, 0.5) is 0 Å². The van der Waals surface area contributed by atoms with Crippen molar-refractivity contribution >= 4 is 10.9 Å². The van der Waals surface area contributed by atoms with Gasteiger partial charge in [0.25, 0.3) is 5.56 Å². The molecule has 0 atom stereocenters. The summed E-state index contributed by atoms with van der Waals surface area (Å²) in [6.45, 7) is 0.885. The number of likely N-dealkylation sites (N-methyl/N-ethyl adjacent to an activating group) is 1. The van der Waals surface area contributed by atoms with Crippen molar-refractivity contribution in [3.63, 3.8) is 0 Å². The molecule has 0 amide bonds. The number of rotatable bonds is 4. The van der Waals surface area contributed by atoms with Gasteiger partial charge < -0.3 is 15.0 Å². The lowest BCUT2D eigenvalue weighted by molar-refractivity contribution is 0.418. The van der Waals surface area contributed by atoms with Gasteiger partial charge in [0.1, 0.15) is 5.75 Å². The van der Waals surface area contributed by atoms with Gasteiger partial charge >= 0.3 is 5.69 Å². The molecule has 0 saturated heterocycles. The number of H-pyrrole nitrogens is 1. The number of ether oxygens (including phenoxy) is 1. The molecule has 0 saturated carbocycles. The third-order valence-electron chi connectivity index (χ3n) is 2.78. The number of nitrogens with zero attached hydrogens (tertiary/aromatic N) is 1. The van der Waals surface area contributed by atoms with Crippen LogP contribution in [0.15, 0.2) is 27.8 Å². The van der Waals surface area contributed by atoms with Gasteiger partial charge in [-0.05, 0) is 19.2 Å². The Morgan fingerprint density at radius 3 is 2.83 bits per heavy atom. The molecule has 6 nitrogen and oxygen atoms in total. The molecule has 96 valence electrons. The molecule has 0 aliphatic carbocycles. The summed E-state index contributed by atoms with van der Waals surface area (Å²) in [6.07, 6.45) is 0. The molecule has 0 spiro atoms. The first-order chi connectivity index (χ1) is 8.69. The molecule has 2 N–H and O–H groups in total. The van der Waals surface area contributed by atoms with Crippen LogP contribution in [0.25, 0.3) is 10.9 Å². The van der Waals surface area contributed by atoms with Gasteiger partial charge in [0, 0.05) is 13.1 Å². The quantitative estimate of drug-likeness (QED) is 0.794. The molecular weight excluding hydrogens is 234 g/mol. The van der Waals surface area contributed by atoms with Crippen molar-refractivity contribution in [1.82, 2.24) is 14.9 Å². The Bertz CT molecular complexity index is 672. The van der Waals surface area contributed by atoms with Gasteiger partial charge in [-0.3, -0.25) is 9.36 Å². The van der Waals surface area contributed by atoms with E-state index in [1.54, 1.807) is 25.2 Å². The van der Waals surface area contributed by atoms with Gasteiger partial charge in [-0.25, -0.2) is 4.79 Å². The van der Waals surface area contributed by atoms with Crippen LogP contribution in [0.1, 0.15) is 0 Å². The van der Waals surface area contributed by atoms with Crippen LogP contribution in [-0.2, 0) is 6.54 Å². The smallest absolute Gasteiger partial charge is 0.328 e. The third kappa shape index (κ3) is 2.02. The highest BCUT2D eigenvalue weighted by Crippen LogP contribution is 2.19. The van der Waals surface area contributed by atoms with E-state index in [9.17, 15) is 9.59 Å². The molecule has 0 bridgehead atoms. The minimum absolute atomic E-state index is 0.303. The minimum atomic E-state index is -0.424. The first-order valence-electron chi connectivity index (χ1n) is 5.63. The van der Waals surface area contributed by atoms with Gasteiger partial charge in [-0.15, -0.1) is 0 Å². The Balaban J connectivity index is 2.72. The largest absolute Gasteiger partial charge is 0.495 e. The van der Waals surface area contributed by atoms with Crippen molar-refractivity contribution in [3.05, 3.63) is 39.0 Å². The van der Waals surface area contributed by atoms with E-state index in [1.807, 2.05) is 0 Å². The van der Waals surface area contributed by atoms with Crippen molar-refractivity contribution in [2.75, 3.05) is 20.7 Å². The number of hydrogen-bond donors (Lipinski definition) is 2. The van der Waals surface area contributed by atoms with E-state index in [0.717, 1.165) is 0 Å². The Hall–Kier alpha value is -2.08. The number of nitrogens with one attached hydrogen (secondary N) is 2. The molecule has 0 radical (unpaired) electrons. The van der Waals surface area contributed by atoms with Crippen LogP contribution >= 0.6 is 0 Å². The van der Waals surface area contributed by atoms with Crippen LogP contribution in [0.2, 0.25) is 0 Å². The van der Waals surface area contributed by atoms with Crippen molar-refractivity contribution < 1.29 is 4.74 Å². The number of fused-ring (bicyclic) bond motifs is 1. The molecule has 6 heteroatoms. The molecule has 2 rings (SSSR count).